The molecular weight excluding hydrogens is 268 g/mol. The highest BCUT2D eigenvalue weighted by molar-refractivity contribution is 7.17. The van der Waals surface area contributed by atoms with E-state index in [2.05, 4.69) is 28.1 Å². The van der Waals surface area contributed by atoms with Gasteiger partial charge in [-0.15, -0.1) is 11.3 Å². The lowest BCUT2D eigenvalue weighted by Crippen LogP contribution is -2.38. The highest BCUT2D eigenvalue weighted by Gasteiger charge is 2.25. The van der Waals surface area contributed by atoms with Crippen LogP contribution in [0.2, 0.25) is 0 Å². The molecule has 2 N–H and O–H groups in total. The molecule has 0 saturated carbocycles. The molecule has 4 heteroatoms. The van der Waals surface area contributed by atoms with Crippen molar-refractivity contribution < 1.29 is 4.79 Å². The van der Waals surface area contributed by atoms with Crippen LogP contribution in [0, 0.1) is 0 Å². The second-order valence-electron chi connectivity index (χ2n) is 4.78. The van der Waals surface area contributed by atoms with E-state index in [-0.39, 0.29) is 12.1 Å². The first-order valence-electron chi connectivity index (χ1n) is 6.45. The molecule has 0 unspecified atom stereocenters. The molecule has 1 aromatic heterocycles. The Morgan fingerprint density at radius 1 is 0.950 bits per heavy atom. The summed E-state index contributed by atoms with van der Waals surface area (Å²) < 4.78 is 1.23. The number of thiophene rings is 1. The number of rotatable bonds is 1. The molecule has 1 aliphatic rings. The Kier molecular flexibility index (Phi) is 2.50. The summed E-state index contributed by atoms with van der Waals surface area (Å²) in [4.78, 5) is 12.2. The first kappa shape index (κ1) is 11.5. The van der Waals surface area contributed by atoms with Crippen molar-refractivity contribution in [2.24, 2.45) is 0 Å². The van der Waals surface area contributed by atoms with Gasteiger partial charge in [0.05, 0.1) is 5.56 Å². The predicted octanol–water partition coefficient (Wildman–Crippen LogP) is 3.76. The standard InChI is InChI=1S/C16H12N2OS/c19-16-11-6-1-3-7-13(11)17-15(18-16)12-9-20-14-8-4-2-5-10(12)14/h1-9,15,17H,(H,18,19)/t15-/m0/s1. The number of anilines is 1. The van der Waals surface area contributed by atoms with Gasteiger partial charge >= 0.3 is 0 Å². The maximum absolute atomic E-state index is 12.2. The molecule has 20 heavy (non-hydrogen) atoms. The van der Waals surface area contributed by atoms with Crippen molar-refractivity contribution in [1.29, 1.82) is 0 Å². The van der Waals surface area contributed by atoms with Gasteiger partial charge in [0.1, 0.15) is 6.17 Å². The van der Waals surface area contributed by atoms with Crippen LogP contribution in [0.3, 0.4) is 0 Å². The van der Waals surface area contributed by atoms with Gasteiger partial charge in [0.2, 0.25) is 0 Å². The van der Waals surface area contributed by atoms with Crippen molar-refractivity contribution in [2.75, 3.05) is 5.32 Å². The van der Waals surface area contributed by atoms with Crippen LogP contribution < -0.4 is 10.6 Å². The van der Waals surface area contributed by atoms with E-state index in [1.807, 2.05) is 36.4 Å². The second kappa shape index (κ2) is 4.35. The molecular formula is C16H12N2OS. The van der Waals surface area contributed by atoms with Crippen molar-refractivity contribution in [1.82, 2.24) is 5.32 Å². The van der Waals surface area contributed by atoms with Gasteiger partial charge in [-0.05, 0) is 29.0 Å². The van der Waals surface area contributed by atoms with E-state index < -0.39 is 0 Å². The molecule has 3 nitrogen and oxygen atoms in total. The smallest absolute Gasteiger partial charge is 0.255 e. The van der Waals surface area contributed by atoms with Gasteiger partial charge in [0, 0.05) is 16.0 Å². The Bertz CT molecular complexity index is 809. The summed E-state index contributed by atoms with van der Waals surface area (Å²) in [7, 11) is 0. The minimum atomic E-state index is -0.173. The van der Waals surface area contributed by atoms with Crippen LogP contribution in [0.1, 0.15) is 22.1 Å². The van der Waals surface area contributed by atoms with Crippen molar-refractivity contribution >= 4 is 33.0 Å². The molecule has 0 spiro atoms. The zero-order chi connectivity index (χ0) is 13.5. The van der Waals surface area contributed by atoms with E-state index in [0.29, 0.717) is 5.56 Å². The lowest BCUT2D eigenvalue weighted by Gasteiger charge is -2.27. The van der Waals surface area contributed by atoms with Gasteiger partial charge in [-0.1, -0.05) is 30.3 Å². The monoisotopic (exact) mass is 280 g/mol. The van der Waals surface area contributed by atoms with Crippen molar-refractivity contribution in [2.45, 2.75) is 6.17 Å². The molecule has 0 saturated heterocycles. The quantitative estimate of drug-likeness (QED) is 0.712. The van der Waals surface area contributed by atoms with E-state index >= 15 is 0 Å². The lowest BCUT2D eigenvalue weighted by molar-refractivity contribution is 0.0936. The molecule has 0 radical (unpaired) electrons. The van der Waals surface area contributed by atoms with Gasteiger partial charge in [-0.2, -0.15) is 0 Å². The van der Waals surface area contributed by atoms with Gasteiger partial charge in [0.25, 0.3) is 5.91 Å². The average Bonchev–Trinajstić information content (AvgIpc) is 2.91. The Morgan fingerprint density at radius 3 is 2.70 bits per heavy atom. The Balaban J connectivity index is 1.80. The number of carbonyl (C=O) groups is 1. The summed E-state index contributed by atoms with van der Waals surface area (Å²) in [5.74, 6) is -0.0281. The number of fused-ring (bicyclic) bond motifs is 2. The van der Waals surface area contributed by atoms with Crippen molar-refractivity contribution in [3.05, 3.63) is 65.0 Å². The molecule has 2 aromatic carbocycles. The van der Waals surface area contributed by atoms with Crippen LogP contribution in [-0.4, -0.2) is 5.91 Å². The molecule has 2 heterocycles. The van der Waals surface area contributed by atoms with E-state index in [1.165, 1.54) is 10.1 Å². The summed E-state index contributed by atoms with van der Waals surface area (Å²) in [5, 5.41) is 9.72. The number of amides is 1. The second-order valence-corrected chi connectivity index (χ2v) is 5.69. The van der Waals surface area contributed by atoms with Gasteiger partial charge in [-0.25, -0.2) is 0 Å². The third kappa shape index (κ3) is 1.69. The maximum atomic E-state index is 12.2. The highest BCUT2D eigenvalue weighted by Crippen LogP contribution is 2.33. The highest BCUT2D eigenvalue weighted by atomic mass is 32.1. The Labute approximate surface area is 120 Å². The molecule has 1 amide bonds. The van der Waals surface area contributed by atoms with Crippen LogP contribution in [0.4, 0.5) is 5.69 Å². The first-order valence-corrected chi connectivity index (χ1v) is 7.33. The van der Waals surface area contributed by atoms with Crippen molar-refractivity contribution in [3.63, 3.8) is 0 Å². The predicted molar refractivity (Wildman–Crippen MR) is 82.1 cm³/mol. The molecule has 0 aliphatic carbocycles. The Hall–Kier alpha value is -2.33. The fraction of sp³-hybridized carbons (Fsp3) is 0.0625. The number of nitrogens with one attached hydrogen (secondary N) is 2. The van der Waals surface area contributed by atoms with E-state index in [1.54, 1.807) is 11.3 Å². The van der Waals surface area contributed by atoms with E-state index in [4.69, 9.17) is 0 Å². The van der Waals surface area contributed by atoms with Crippen LogP contribution >= 0.6 is 11.3 Å². The summed E-state index contributed by atoms with van der Waals surface area (Å²) in [6.07, 6.45) is -0.173. The SMILES string of the molecule is O=C1N[C@@H](c2csc3ccccc23)Nc2ccccc21. The molecule has 1 aliphatic heterocycles. The van der Waals surface area contributed by atoms with Crippen LogP contribution in [0.25, 0.3) is 10.1 Å². The van der Waals surface area contributed by atoms with Gasteiger partial charge in [0.15, 0.2) is 0 Å². The number of hydrogen-bond donors (Lipinski definition) is 2. The van der Waals surface area contributed by atoms with Crippen LogP contribution in [0.5, 0.6) is 0 Å². The van der Waals surface area contributed by atoms with E-state index in [0.717, 1.165) is 11.3 Å². The number of hydrogen-bond acceptors (Lipinski definition) is 3. The molecule has 98 valence electrons. The molecule has 0 bridgehead atoms. The van der Waals surface area contributed by atoms with Gasteiger partial charge < -0.3 is 10.6 Å². The normalized spacial score (nSPS) is 17.4. The maximum Gasteiger partial charge on any atom is 0.255 e. The fourth-order valence-electron chi connectivity index (χ4n) is 2.58. The zero-order valence-electron chi connectivity index (χ0n) is 10.6. The molecule has 4 rings (SSSR count). The third-order valence-electron chi connectivity index (χ3n) is 3.57. The summed E-state index contributed by atoms with van der Waals surface area (Å²) in [6, 6.07) is 15.8. The largest absolute Gasteiger partial charge is 0.361 e. The average molecular weight is 280 g/mol. The van der Waals surface area contributed by atoms with Crippen LogP contribution in [0.15, 0.2) is 53.9 Å². The lowest BCUT2D eigenvalue weighted by atomic mass is 10.1. The summed E-state index contributed by atoms with van der Waals surface area (Å²) in [5.41, 5.74) is 2.70. The fourth-order valence-corrected chi connectivity index (χ4v) is 3.57. The number of carbonyl (C=O) groups excluding carboxylic acids is 1. The molecule has 3 aromatic rings. The third-order valence-corrected chi connectivity index (χ3v) is 4.55. The Morgan fingerprint density at radius 2 is 1.75 bits per heavy atom. The zero-order valence-corrected chi connectivity index (χ0v) is 11.4. The van der Waals surface area contributed by atoms with E-state index in [9.17, 15) is 4.79 Å². The minimum Gasteiger partial charge on any atom is -0.361 e. The topological polar surface area (TPSA) is 41.1 Å². The molecule has 0 fully saturated rings. The summed E-state index contributed by atoms with van der Waals surface area (Å²) >= 11 is 1.70. The van der Waals surface area contributed by atoms with Gasteiger partial charge in [-0.3, -0.25) is 4.79 Å². The first-order chi connectivity index (χ1) is 9.83. The molecule has 1 atom stereocenters. The summed E-state index contributed by atoms with van der Waals surface area (Å²) in [6.45, 7) is 0. The number of para-hydroxylation sites is 1. The van der Waals surface area contributed by atoms with Crippen LogP contribution in [-0.2, 0) is 0 Å². The minimum absolute atomic E-state index is 0.0281. The number of benzene rings is 2. The van der Waals surface area contributed by atoms with Crippen molar-refractivity contribution in [3.8, 4) is 0 Å².